The van der Waals surface area contributed by atoms with Crippen LogP contribution in [0.5, 0.6) is 0 Å². The van der Waals surface area contributed by atoms with Crippen molar-refractivity contribution in [2.45, 2.75) is 44.8 Å². The van der Waals surface area contributed by atoms with E-state index in [9.17, 15) is 0 Å². The Bertz CT molecular complexity index is 179. The zero-order valence-corrected chi connectivity index (χ0v) is 8.51. The van der Waals surface area contributed by atoms with E-state index in [2.05, 4.69) is 30.7 Å². The minimum atomic E-state index is 0.480. The first-order valence-corrected chi connectivity index (χ1v) is 5.15. The molecule has 0 aliphatic carbocycles. The molecule has 2 aliphatic rings. The van der Waals surface area contributed by atoms with E-state index in [1.54, 1.807) is 0 Å². The van der Waals surface area contributed by atoms with Gasteiger partial charge in [0.15, 0.2) is 0 Å². The molecular weight excluding hydrogens is 148 g/mol. The summed E-state index contributed by atoms with van der Waals surface area (Å²) in [5.41, 5.74) is 0.480. The van der Waals surface area contributed by atoms with E-state index in [0.29, 0.717) is 5.66 Å². The molecule has 2 nitrogen and oxygen atoms in total. The molecule has 0 N–H and O–H groups in total. The first-order chi connectivity index (χ1) is 5.67. The summed E-state index contributed by atoms with van der Waals surface area (Å²) in [5.74, 6) is 0. The Labute approximate surface area is 75.5 Å². The molecule has 0 saturated carbocycles. The summed E-state index contributed by atoms with van der Waals surface area (Å²) >= 11 is 0. The second kappa shape index (κ2) is 2.71. The Morgan fingerprint density at radius 2 is 1.92 bits per heavy atom. The lowest BCUT2D eigenvalue weighted by Gasteiger charge is -2.55. The number of likely N-dealkylation sites (tertiary alicyclic amines) is 2. The summed E-state index contributed by atoms with van der Waals surface area (Å²) < 4.78 is 0. The Morgan fingerprint density at radius 1 is 1.17 bits per heavy atom. The SMILES string of the molecule is CC(C)N1CCCC12CCN2C. The van der Waals surface area contributed by atoms with Gasteiger partial charge in [-0.2, -0.15) is 0 Å². The van der Waals surface area contributed by atoms with E-state index in [0.717, 1.165) is 6.04 Å². The average Bonchev–Trinajstić information content (AvgIpc) is 2.47. The molecule has 2 aliphatic heterocycles. The number of hydrogen-bond acceptors (Lipinski definition) is 2. The van der Waals surface area contributed by atoms with Crippen LogP contribution in [0.2, 0.25) is 0 Å². The molecule has 2 rings (SSSR count). The highest BCUT2D eigenvalue weighted by Gasteiger charge is 2.50. The normalized spacial score (nSPS) is 38.0. The predicted octanol–water partition coefficient (Wildman–Crippen LogP) is 1.52. The maximum atomic E-state index is 2.68. The van der Waals surface area contributed by atoms with Gasteiger partial charge in [-0.1, -0.05) is 0 Å². The highest BCUT2D eigenvalue weighted by atomic mass is 15.5. The van der Waals surface area contributed by atoms with Crippen molar-refractivity contribution < 1.29 is 0 Å². The third-order valence-corrected chi connectivity index (χ3v) is 3.69. The smallest absolute Gasteiger partial charge is 0.0750 e. The van der Waals surface area contributed by atoms with E-state index in [4.69, 9.17) is 0 Å². The standard InChI is InChI=1S/C10H20N2/c1-9(2)12-7-4-5-10(12)6-8-11(10)3/h9H,4-8H2,1-3H3. The topological polar surface area (TPSA) is 6.48 Å². The van der Waals surface area contributed by atoms with Gasteiger partial charge in [-0.25, -0.2) is 0 Å². The maximum Gasteiger partial charge on any atom is 0.0750 e. The van der Waals surface area contributed by atoms with Crippen LogP contribution in [0.3, 0.4) is 0 Å². The van der Waals surface area contributed by atoms with Gasteiger partial charge >= 0.3 is 0 Å². The van der Waals surface area contributed by atoms with Crippen molar-refractivity contribution in [2.24, 2.45) is 0 Å². The van der Waals surface area contributed by atoms with Gasteiger partial charge in [-0.05, 0) is 40.2 Å². The van der Waals surface area contributed by atoms with Crippen molar-refractivity contribution in [2.75, 3.05) is 20.1 Å². The van der Waals surface area contributed by atoms with Crippen molar-refractivity contribution in [3.05, 3.63) is 0 Å². The summed E-state index contributed by atoms with van der Waals surface area (Å²) in [7, 11) is 2.27. The van der Waals surface area contributed by atoms with E-state index in [1.807, 2.05) is 0 Å². The quantitative estimate of drug-likeness (QED) is 0.586. The highest BCUT2D eigenvalue weighted by molar-refractivity contribution is 5.02. The van der Waals surface area contributed by atoms with E-state index in [1.165, 1.54) is 32.4 Å². The zero-order valence-electron chi connectivity index (χ0n) is 8.51. The van der Waals surface area contributed by atoms with Crippen LogP contribution in [0.15, 0.2) is 0 Å². The van der Waals surface area contributed by atoms with Crippen LogP contribution in [-0.2, 0) is 0 Å². The monoisotopic (exact) mass is 168 g/mol. The third kappa shape index (κ3) is 0.944. The lowest BCUT2D eigenvalue weighted by atomic mass is 9.91. The fourth-order valence-electron chi connectivity index (χ4n) is 2.90. The summed E-state index contributed by atoms with van der Waals surface area (Å²) in [5, 5.41) is 0. The predicted molar refractivity (Wildman–Crippen MR) is 51.1 cm³/mol. The average molecular weight is 168 g/mol. The van der Waals surface area contributed by atoms with Crippen molar-refractivity contribution in [3.63, 3.8) is 0 Å². The Kier molecular flexibility index (Phi) is 1.92. The fraction of sp³-hybridized carbons (Fsp3) is 1.00. The third-order valence-electron chi connectivity index (χ3n) is 3.69. The molecule has 0 bridgehead atoms. The lowest BCUT2D eigenvalue weighted by Crippen LogP contribution is -2.66. The molecule has 70 valence electrons. The van der Waals surface area contributed by atoms with E-state index < -0.39 is 0 Å². The van der Waals surface area contributed by atoms with Gasteiger partial charge in [0.25, 0.3) is 0 Å². The number of nitrogens with zero attached hydrogens (tertiary/aromatic N) is 2. The van der Waals surface area contributed by atoms with Crippen molar-refractivity contribution in [1.29, 1.82) is 0 Å². The maximum absolute atomic E-state index is 2.68. The molecule has 2 fully saturated rings. The summed E-state index contributed by atoms with van der Waals surface area (Å²) in [6, 6.07) is 0.718. The molecule has 0 aromatic carbocycles. The van der Waals surface area contributed by atoms with Crippen molar-refractivity contribution in [3.8, 4) is 0 Å². The molecule has 12 heavy (non-hydrogen) atoms. The lowest BCUT2D eigenvalue weighted by molar-refractivity contribution is -0.107. The molecule has 0 aromatic rings. The van der Waals surface area contributed by atoms with Gasteiger partial charge in [-0.3, -0.25) is 9.80 Å². The Hall–Kier alpha value is -0.0800. The molecule has 1 spiro atoms. The molecule has 2 heteroatoms. The van der Waals surface area contributed by atoms with Crippen LogP contribution in [0.25, 0.3) is 0 Å². The molecule has 0 radical (unpaired) electrons. The zero-order chi connectivity index (χ0) is 8.77. The van der Waals surface area contributed by atoms with Crippen LogP contribution in [0.4, 0.5) is 0 Å². The van der Waals surface area contributed by atoms with E-state index >= 15 is 0 Å². The fourth-order valence-corrected chi connectivity index (χ4v) is 2.90. The van der Waals surface area contributed by atoms with Crippen LogP contribution >= 0.6 is 0 Å². The van der Waals surface area contributed by atoms with Gasteiger partial charge in [0, 0.05) is 19.1 Å². The second-order valence-corrected chi connectivity index (χ2v) is 4.54. The largest absolute Gasteiger partial charge is 0.288 e. The molecular formula is C10H20N2. The van der Waals surface area contributed by atoms with Crippen molar-refractivity contribution >= 4 is 0 Å². The molecule has 0 aromatic heterocycles. The minimum Gasteiger partial charge on any atom is -0.288 e. The minimum absolute atomic E-state index is 0.480. The second-order valence-electron chi connectivity index (χ2n) is 4.54. The first kappa shape index (κ1) is 8.52. The molecule has 1 unspecified atom stereocenters. The van der Waals surface area contributed by atoms with Crippen LogP contribution in [-0.4, -0.2) is 41.6 Å². The highest BCUT2D eigenvalue weighted by Crippen LogP contribution is 2.42. The van der Waals surface area contributed by atoms with Gasteiger partial charge in [-0.15, -0.1) is 0 Å². The molecule has 0 amide bonds. The number of rotatable bonds is 1. The van der Waals surface area contributed by atoms with Crippen LogP contribution in [0, 0.1) is 0 Å². The molecule has 2 heterocycles. The first-order valence-electron chi connectivity index (χ1n) is 5.15. The van der Waals surface area contributed by atoms with Crippen LogP contribution in [0.1, 0.15) is 33.1 Å². The molecule has 2 saturated heterocycles. The Morgan fingerprint density at radius 3 is 2.25 bits per heavy atom. The van der Waals surface area contributed by atoms with Gasteiger partial charge < -0.3 is 0 Å². The van der Waals surface area contributed by atoms with Crippen molar-refractivity contribution in [1.82, 2.24) is 9.80 Å². The summed E-state index contributed by atoms with van der Waals surface area (Å²) in [6.45, 7) is 7.24. The summed E-state index contributed by atoms with van der Waals surface area (Å²) in [6.07, 6.45) is 4.17. The van der Waals surface area contributed by atoms with Crippen LogP contribution < -0.4 is 0 Å². The Balaban J connectivity index is 2.13. The number of hydrogen-bond donors (Lipinski definition) is 0. The van der Waals surface area contributed by atoms with Gasteiger partial charge in [0.2, 0.25) is 0 Å². The summed E-state index contributed by atoms with van der Waals surface area (Å²) in [4.78, 5) is 5.20. The van der Waals surface area contributed by atoms with Gasteiger partial charge in [0.1, 0.15) is 0 Å². The van der Waals surface area contributed by atoms with E-state index in [-0.39, 0.29) is 0 Å². The molecule has 1 atom stereocenters. The van der Waals surface area contributed by atoms with Gasteiger partial charge in [0.05, 0.1) is 5.66 Å².